The topological polar surface area (TPSA) is 43.9 Å². The molecule has 1 fully saturated rings. The third-order valence-electron chi connectivity index (χ3n) is 5.79. The van der Waals surface area contributed by atoms with Crippen LogP contribution in [0.1, 0.15) is 25.3 Å². The summed E-state index contributed by atoms with van der Waals surface area (Å²) in [5.74, 6) is -0.0566. The number of piperidine rings is 1. The van der Waals surface area contributed by atoms with Crippen molar-refractivity contribution < 1.29 is 9.59 Å². The van der Waals surface area contributed by atoms with Crippen molar-refractivity contribution >= 4 is 40.4 Å². The van der Waals surface area contributed by atoms with Crippen molar-refractivity contribution in [3.8, 4) is 0 Å². The van der Waals surface area contributed by atoms with Gasteiger partial charge in [-0.1, -0.05) is 30.7 Å². The van der Waals surface area contributed by atoms with E-state index in [0.717, 1.165) is 37.2 Å². The SMILES string of the molecule is CC1CCCN(C2=C(c3ccc(Cl)cc3)C(=O)N(c3ccc(N(C)C)cc3)C2=O)C1. The van der Waals surface area contributed by atoms with E-state index in [1.807, 2.05) is 55.4 Å². The van der Waals surface area contributed by atoms with Crippen LogP contribution >= 0.6 is 11.6 Å². The van der Waals surface area contributed by atoms with Crippen LogP contribution in [0.5, 0.6) is 0 Å². The third kappa shape index (κ3) is 3.70. The van der Waals surface area contributed by atoms with E-state index in [0.29, 0.717) is 27.9 Å². The molecule has 0 aromatic heterocycles. The van der Waals surface area contributed by atoms with Crippen LogP contribution < -0.4 is 9.80 Å². The van der Waals surface area contributed by atoms with E-state index >= 15 is 0 Å². The Labute approximate surface area is 182 Å². The van der Waals surface area contributed by atoms with Crippen molar-refractivity contribution in [2.75, 3.05) is 37.0 Å². The molecule has 1 atom stereocenters. The highest BCUT2D eigenvalue weighted by Gasteiger charge is 2.43. The van der Waals surface area contributed by atoms with Gasteiger partial charge in [-0.15, -0.1) is 0 Å². The number of anilines is 2. The van der Waals surface area contributed by atoms with Gasteiger partial charge < -0.3 is 9.80 Å². The number of hydrogen-bond donors (Lipinski definition) is 0. The molecule has 156 valence electrons. The van der Waals surface area contributed by atoms with E-state index in [-0.39, 0.29) is 11.8 Å². The molecule has 2 aliphatic heterocycles. The summed E-state index contributed by atoms with van der Waals surface area (Å²) in [6.07, 6.45) is 2.15. The molecule has 0 saturated carbocycles. The van der Waals surface area contributed by atoms with E-state index in [4.69, 9.17) is 11.6 Å². The summed E-state index contributed by atoms with van der Waals surface area (Å²) >= 11 is 6.06. The lowest BCUT2D eigenvalue weighted by atomic mass is 9.98. The van der Waals surface area contributed by atoms with Gasteiger partial charge >= 0.3 is 0 Å². The summed E-state index contributed by atoms with van der Waals surface area (Å²) in [5, 5.41) is 0.598. The summed E-state index contributed by atoms with van der Waals surface area (Å²) < 4.78 is 0. The Kier molecular flexibility index (Phi) is 5.56. The van der Waals surface area contributed by atoms with Crippen LogP contribution in [0.2, 0.25) is 5.02 Å². The number of rotatable bonds is 4. The fourth-order valence-electron chi connectivity index (χ4n) is 4.22. The zero-order chi connectivity index (χ0) is 21.4. The van der Waals surface area contributed by atoms with Crippen LogP contribution in [-0.2, 0) is 9.59 Å². The van der Waals surface area contributed by atoms with Crippen LogP contribution in [0.3, 0.4) is 0 Å². The highest BCUT2D eigenvalue weighted by atomic mass is 35.5. The van der Waals surface area contributed by atoms with E-state index in [1.165, 1.54) is 4.90 Å². The van der Waals surface area contributed by atoms with Gasteiger partial charge in [0.2, 0.25) is 0 Å². The first kappa shape index (κ1) is 20.5. The average molecular weight is 424 g/mol. The third-order valence-corrected chi connectivity index (χ3v) is 6.04. The predicted octanol–water partition coefficient (Wildman–Crippen LogP) is 4.42. The van der Waals surface area contributed by atoms with Crippen molar-refractivity contribution in [1.29, 1.82) is 0 Å². The van der Waals surface area contributed by atoms with Gasteiger partial charge in [-0.3, -0.25) is 9.59 Å². The van der Waals surface area contributed by atoms with E-state index in [2.05, 4.69) is 11.8 Å². The lowest BCUT2D eigenvalue weighted by molar-refractivity contribution is -0.120. The highest BCUT2D eigenvalue weighted by molar-refractivity contribution is 6.45. The Balaban J connectivity index is 1.78. The molecular formula is C24H26ClN3O2. The summed E-state index contributed by atoms with van der Waals surface area (Å²) in [7, 11) is 3.91. The monoisotopic (exact) mass is 423 g/mol. The van der Waals surface area contributed by atoms with E-state index < -0.39 is 0 Å². The van der Waals surface area contributed by atoms with Crippen molar-refractivity contribution in [1.82, 2.24) is 4.90 Å². The van der Waals surface area contributed by atoms with Gasteiger partial charge in [-0.25, -0.2) is 4.90 Å². The molecule has 5 nitrogen and oxygen atoms in total. The quantitative estimate of drug-likeness (QED) is 0.683. The second-order valence-electron chi connectivity index (χ2n) is 8.28. The van der Waals surface area contributed by atoms with Gasteiger partial charge in [0.05, 0.1) is 11.3 Å². The van der Waals surface area contributed by atoms with Gasteiger partial charge in [-0.05, 0) is 60.7 Å². The molecule has 0 N–H and O–H groups in total. The fraction of sp³-hybridized carbons (Fsp3) is 0.333. The van der Waals surface area contributed by atoms with Crippen LogP contribution in [0, 0.1) is 5.92 Å². The summed E-state index contributed by atoms with van der Waals surface area (Å²) in [6, 6.07) is 14.6. The lowest BCUT2D eigenvalue weighted by Gasteiger charge is -2.33. The molecule has 6 heteroatoms. The minimum absolute atomic E-state index is 0.253. The first-order valence-electron chi connectivity index (χ1n) is 10.3. The summed E-state index contributed by atoms with van der Waals surface area (Å²) in [5.41, 5.74) is 3.28. The molecule has 1 saturated heterocycles. The normalized spacial score (nSPS) is 19.7. The minimum atomic E-state index is -0.284. The predicted molar refractivity (Wildman–Crippen MR) is 122 cm³/mol. The molecule has 2 amide bonds. The summed E-state index contributed by atoms with van der Waals surface area (Å²) in [4.78, 5) is 32.5. The molecule has 30 heavy (non-hydrogen) atoms. The maximum absolute atomic E-state index is 13.6. The number of amides is 2. The van der Waals surface area contributed by atoms with Gasteiger partial charge in [0.25, 0.3) is 11.8 Å². The Morgan fingerprint density at radius 1 is 0.967 bits per heavy atom. The van der Waals surface area contributed by atoms with Gasteiger partial charge in [0, 0.05) is 37.9 Å². The number of hydrogen-bond acceptors (Lipinski definition) is 4. The molecule has 2 aliphatic rings. The standard InChI is InChI=1S/C24H26ClN3O2/c1-16-5-4-14-27(15-16)22-21(17-6-8-18(25)9-7-17)23(29)28(24(22)30)20-12-10-19(11-13-20)26(2)3/h6-13,16H,4-5,14-15H2,1-3H3. The molecule has 0 aliphatic carbocycles. The number of carbonyl (C=O) groups is 2. The molecule has 0 spiro atoms. The Bertz CT molecular complexity index is 996. The number of likely N-dealkylation sites (tertiary alicyclic amines) is 1. The Morgan fingerprint density at radius 2 is 1.63 bits per heavy atom. The zero-order valence-electron chi connectivity index (χ0n) is 17.6. The number of imide groups is 1. The number of halogens is 1. The number of benzene rings is 2. The van der Waals surface area contributed by atoms with Gasteiger partial charge in [0.15, 0.2) is 0 Å². The second kappa shape index (κ2) is 8.15. The van der Waals surface area contributed by atoms with Crippen molar-refractivity contribution in [2.24, 2.45) is 5.92 Å². The first-order chi connectivity index (χ1) is 14.4. The smallest absolute Gasteiger partial charge is 0.282 e. The van der Waals surface area contributed by atoms with Crippen LogP contribution in [0.25, 0.3) is 5.57 Å². The number of carbonyl (C=O) groups excluding carboxylic acids is 2. The Hall–Kier alpha value is -2.79. The molecule has 2 heterocycles. The first-order valence-corrected chi connectivity index (χ1v) is 10.7. The maximum atomic E-state index is 13.6. The van der Waals surface area contributed by atoms with Crippen molar-refractivity contribution in [3.63, 3.8) is 0 Å². The van der Waals surface area contributed by atoms with E-state index in [1.54, 1.807) is 12.1 Å². The molecule has 2 aromatic rings. The largest absolute Gasteiger partial charge is 0.378 e. The average Bonchev–Trinajstić information content (AvgIpc) is 2.99. The molecular weight excluding hydrogens is 398 g/mol. The lowest BCUT2D eigenvalue weighted by Crippen LogP contribution is -2.39. The molecule has 0 bridgehead atoms. The van der Waals surface area contributed by atoms with Crippen LogP contribution in [0.4, 0.5) is 11.4 Å². The highest BCUT2D eigenvalue weighted by Crippen LogP contribution is 2.37. The number of nitrogens with zero attached hydrogens (tertiary/aromatic N) is 3. The minimum Gasteiger partial charge on any atom is -0.378 e. The molecule has 2 aromatic carbocycles. The van der Waals surface area contributed by atoms with Gasteiger partial charge in [-0.2, -0.15) is 0 Å². The second-order valence-corrected chi connectivity index (χ2v) is 8.72. The Morgan fingerprint density at radius 3 is 2.23 bits per heavy atom. The maximum Gasteiger partial charge on any atom is 0.282 e. The molecule has 4 rings (SSSR count). The molecule has 1 unspecified atom stereocenters. The van der Waals surface area contributed by atoms with Crippen molar-refractivity contribution in [3.05, 3.63) is 64.8 Å². The summed E-state index contributed by atoms with van der Waals surface area (Å²) in [6.45, 7) is 3.75. The molecule has 0 radical (unpaired) electrons. The van der Waals surface area contributed by atoms with Crippen LogP contribution in [0.15, 0.2) is 54.2 Å². The van der Waals surface area contributed by atoms with Gasteiger partial charge in [0.1, 0.15) is 5.70 Å². The van der Waals surface area contributed by atoms with E-state index in [9.17, 15) is 9.59 Å². The van der Waals surface area contributed by atoms with Crippen molar-refractivity contribution in [2.45, 2.75) is 19.8 Å². The zero-order valence-corrected chi connectivity index (χ0v) is 18.3. The fourth-order valence-corrected chi connectivity index (χ4v) is 4.34. The van der Waals surface area contributed by atoms with Crippen LogP contribution in [-0.4, -0.2) is 43.9 Å².